The van der Waals surface area contributed by atoms with Gasteiger partial charge in [0.15, 0.2) is 0 Å². The van der Waals surface area contributed by atoms with E-state index in [1.807, 2.05) is 18.7 Å². The average Bonchev–Trinajstić information content (AvgIpc) is 2.82. The Morgan fingerprint density at radius 2 is 2.00 bits per heavy atom. The Balaban J connectivity index is 2.01. The lowest BCUT2D eigenvalue weighted by Gasteiger charge is -2.15. The summed E-state index contributed by atoms with van der Waals surface area (Å²) in [5.74, 6) is 0. The number of nitrogens with zero attached hydrogens (tertiary/aromatic N) is 2. The van der Waals surface area contributed by atoms with E-state index in [2.05, 4.69) is 54.7 Å². The SMILES string of the molecule is CCOCc1ccccc1CNC(C)c1cn(C)nc1C. The number of hydrogen-bond donors (Lipinski definition) is 1. The van der Waals surface area contributed by atoms with Crippen LogP contribution in [0.4, 0.5) is 0 Å². The first-order valence-electron chi connectivity index (χ1n) is 7.49. The van der Waals surface area contributed by atoms with Crippen LogP contribution in [0.15, 0.2) is 30.5 Å². The number of benzene rings is 1. The Bertz CT molecular complexity index is 577. The summed E-state index contributed by atoms with van der Waals surface area (Å²) in [5, 5.41) is 7.98. The monoisotopic (exact) mass is 287 g/mol. The second kappa shape index (κ2) is 7.38. The van der Waals surface area contributed by atoms with E-state index in [1.165, 1.54) is 16.7 Å². The van der Waals surface area contributed by atoms with Crippen molar-refractivity contribution in [3.05, 3.63) is 52.8 Å². The molecule has 1 aromatic carbocycles. The van der Waals surface area contributed by atoms with Crippen molar-refractivity contribution in [2.24, 2.45) is 7.05 Å². The number of rotatable bonds is 7. The average molecular weight is 287 g/mol. The number of hydrogen-bond acceptors (Lipinski definition) is 3. The molecular weight excluding hydrogens is 262 g/mol. The predicted molar refractivity (Wildman–Crippen MR) is 85.0 cm³/mol. The van der Waals surface area contributed by atoms with Gasteiger partial charge in [0.2, 0.25) is 0 Å². The van der Waals surface area contributed by atoms with Crippen molar-refractivity contribution in [1.29, 1.82) is 0 Å². The van der Waals surface area contributed by atoms with Crippen LogP contribution in [0.3, 0.4) is 0 Å². The van der Waals surface area contributed by atoms with E-state index < -0.39 is 0 Å². The minimum absolute atomic E-state index is 0.277. The summed E-state index contributed by atoms with van der Waals surface area (Å²) in [6.07, 6.45) is 2.08. The summed E-state index contributed by atoms with van der Waals surface area (Å²) in [5.41, 5.74) is 4.88. The Kier molecular flexibility index (Phi) is 5.53. The molecule has 114 valence electrons. The molecule has 0 aliphatic carbocycles. The molecule has 0 aliphatic heterocycles. The molecule has 4 heteroatoms. The Hall–Kier alpha value is -1.65. The van der Waals surface area contributed by atoms with Crippen molar-refractivity contribution in [2.45, 2.75) is 40.0 Å². The van der Waals surface area contributed by atoms with Gasteiger partial charge in [-0.25, -0.2) is 0 Å². The molecule has 1 aromatic heterocycles. The largest absolute Gasteiger partial charge is 0.377 e. The van der Waals surface area contributed by atoms with Crippen LogP contribution in [0.5, 0.6) is 0 Å². The molecule has 2 aromatic rings. The van der Waals surface area contributed by atoms with Crippen LogP contribution in [0, 0.1) is 6.92 Å². The van der Waals surface area contributed by atoms with Gasteiger partial charge >= 0.3 is 0 Å². The Morgan fingerprint density at radius 1 is 1.29 bits per heavy atom. The topological polar surface area (TPSA) is 39.1 Å². The van der Waals surface area contributed by atoms with Crippen molar-refractivity contribution in [3.63, 3.8) is 0 Å². The fourth-order valence-corrected chi connectivity index (χ4v) is 2.50. The predicted octanol–water partition coefficient (Wildman–Crippen LogP) is 3.12. The number of aromatic nitrogens is 2. The molecule has 1 N–H and O–H groups in total. The number of aryl methyl sites for hydroxylation is 2. The van der Waals surface area contributed by atoms with Crippen LogP contribution < -0.4 is 5.32 Å². The summed E-state index contributed by atoms with van der Waals surface area (Å²) in [6, 6.07) is 8.70. The van der Waals surface area contributed by atoms with E-state index in [9.17, 15) is 0 Å². The maximum Gasteiger partial charge on any atom is 0.0719 e. The van der Waals surface area contributed by atoms with Crippen LogP contribution in [-0.4, -0.2) is 16.4 Å². The van der Waals surface area contributed by atoms with Crippen molar-refractivity contribution in [2.75, 3.05) is 6.61 Å². The van der Waals surface area contributed by atoms with Gasteiger partial charge in [-0.2, -0.15) is 5.10 Å². The van der Waals surface area contributed by atoms with E-state index in [1.54, 1.807) is 0 Å². The fraction of sp³-hybridized carbons (Fsp3) is 0.471. The zero-order valence-corrected chi connectivity index (χ0v) is 13.4. The van der Waals surface area contributed by atoms with Crippen molar-refractivity contribution < 1.29 is 4.74 Å². The highest BCUT2D eigenvalue weighted by Gasteiger charge is 2.12. The van der Waals surface area contributed by atoms with Gasteiger partial charge in [0.05, 0.1) is 12.3 Å². The van der Waals surface area contributed by atoms with Gasteiger partial charge in [0.25, 0.3) is 0 Å². The quantitative estimate of drug-likeness (QED) is 0.850. The molecule has 2 rings (SSSR count). The first-order valence-corrected chi connectivity index (χ1v) is 7.49. The molecule has 0 aliphatic rings. The molecule has 0 bridgehead atoms. The second-order valence-electron chi connectivity index (χ2n) is 5.35. The van der Waals surface area contributed by atoms with Gasteiger partial charge in [-0.3, -0.25) is 4.68 Å². The van der Waals surface area contributed by atoms with Crippen LogP contribution in [-0.2, 0) is 24.9 Å². The molecule has 1 atom stereocenters. The first-order chi connectivity index (χ1) is 10.1. The van der Waals surface area contributed by atoms with Crippen molar-refractivity contribution in [3.8, 4) is 0 Å². The Morgan fingerprint density at radius 3 is 2.62 bits per heavy atom. The third-order valence-corrected chi connectivity index (χ3v) is 3.70. The van der Waals surface area contributed by atoms with E-state index in [4.69, 9.17) is 4.74 Å². The van der Waals surface area contributed by atoms with Gasteiger partial charge in [0, 0.05) is 38.0 Å². The molecule has 0 amide bonds. The van der Waals surface area contributed by atoms with Crippen LogP contribution in [0.25, 0.3) is 0 Å². The van der Waals surface area contributed by atoms with E-state index in [0.29, 0.717) is 6.61 Å². The Labute approximate surface area is 127 Å². The molecule has 0 radical (unpaired) electrons. The normalized spacial score (nSPS) is 12.6. The number of nitrogens with one attached hydrogen (secondary N) is 1. The summed E-state index contributed by atoms with van der Waals surface area (Å²) < 4.78 is 7.40. The zero-order chi connectivity index (χ0) is 15.2. The van der Waals surface area contributed by atoms with Crippen LogP contribution in [0.1, 0.15) is 42.3 Å². The third-order valence-electron chi connectivity index (χ3n) is 3.70. The smallest absolute Gasteiger partial charge is 0.0719 e. The van der Waals surface area contributed by atoms with Gasteiger partial charge in [-0.1, -0.05) is 24.3 Å². The molecule has 1 unspecified atom stereocenters. The molecular formula is C17H25N3O. The third kappa shape index (κ3) is 4.16. The molecule has 1 heterocycles. The van der Waals surface area contributed by atoms with E-state index in [0.717, 1.165) is 18.8 Å². The second-order valence-corrected chi connectivity index (χ2v) is 5.35. The lowest BCUT2D eigenvalue weighted by molar-refractivity contribution is 0.133. The summed E-state index contributed by atoms with van der Waals surface area (Å²) >= 11 is 0. The molecule has 0 spiro atoms. The summed E-state index contributed by atoms with van der Waals surface area (Å²) in [4.78, 5) is 0. The molecule has 21 heavy (non-hydrogen) atoms. The van der Waals surface area contributed by atoms with Gasteiger partial charge in [-0.15, -0.1) is 0 Å². The first kappa shape index (κ1) is 15.7. The van der Waals surface area contributed by atoms with Gasteiger partial charge in [-0.05, 0) is 31.9 Å². The standard InChI is InChI=1S/C17H25N3O/c1-5-21-12-16-9-7-6-8-15(16)10-18-13(2)17-11-20(4)19-14(17)3/h6-9,11,13,18H,5,10,12H2,1-4H3. The lowest BCUT2D eigenvalue weighted by Crippen LogP contribution is -2.19. The summed E-state index contributed by atoms with van der Waals surface area (Å²) in [6.45, 7) is 8.50. The molecule has 4 nitrogen and oxygen atoms in total. The highest BCUT2D eigenvalue weighted by Crippen LogP contribution is 2.17. The molecule has 0 saturated carbocycles. The zero-order valence-electron chi connectivity index (χ0n) is 13.4. The molecule has 0 fully saturated rings. The van der Waals surface area contributed by atoms with Crippen LogP contribution >= 0.6 is 0 Å². The molecule has 0 saturated heterocycles. The highest BCUT2D eigenvalue weighted by atomic mass is 16.5. The summed E-state index contributed by atoms with van der Waals surface area (Å²) in [7, 11) is 1.96. The van der Waals surface area contributed by atoms with Crippen molar-refractivity contribution in [1.82, 2.24) is 15.1 Å². The maximum atomic E-state index is 5.53. The van der Waals surface area contributed by atoms with Gasteiger partial charge < -0.3 is 10.1 Å². The van der Waals surface area contributed by atoms with E-state index >= 15 is 0 Å². The van der Waals surface area contributed by atoms with Gasteiger partial charge in [0.1, 0.15) is 0 Å². The minimum Gasteiger partial charge on any atom is -0.377 e. The number of ether oxygens (including phenoxy) is 1. The maximum absolute atomic E-state index is 5.53. The highest BCUT2D eigenvalue weighted by molar-refractivity contribution is 5.27. The lowest BCUT2D eigenvalue weighted by atomic mass is 10.1. The van der Waals surface area contributed by atoms with Crippen molar-refractivity contribution >= 4 is 0 Å². The van der Waals surface area contributed by atoms with E-state index in [-0.39, 0.29) is 6.04 Å². The fourth-order valence-electron chi connectivity index (χ4n) is 2.50. The van der Waals surface area contributed by atoms with Crippen LogP contribution in [0.2, 0.25) is 0 Å². The minimum atomic E-state index is 0.277.